The largest absolute Gasteiger partial charge is 0.341 e. The van der Waals surface area contributed by atoms with Crippen LogP contribution < -0.4 is 0 Å². The van der Waals surface area contributed by atoms with Crippen LogP contribution in [-0.2, 0) is 13.1 Å². The van der Waals surface area contributed by atoms with Gasteiger partial charge in [-0.3, -0.25) is 39.9 Å². The van der Waals surface area contributed by atoms with E-state index in [-0.39, 0.29) is 30.3 Å². The normalized spacial score (nSPS) is 10.7. The van der Waals surface area contributed by atoms with Crippen molar-refractivity contribution in [1.82, 2.24) is 14.1 Å². The van der Waals surface area contributed by atoms with Crippen molar-refractivity contribution in [2.24, 2.45) is 0 Å². The predicted molar refractivity (Wildman–Crippen MR) is 273 cm³/mol. The summed E-state index contributed by atoms with van der Waals surface area (Å²) in [5.41, 5.74) is 10.7. The third-order valence-corrected chi connectivity index (χ3v) is 11.7. The number of benzene rings is 7. The molecule has 0 spiro atoms. The maximum absolute atomic E-state index is 11.2. The first kappa shape index (κ1) is 47.8. The van der Waals surface area contributed by atoms with Crippen LogP contribution in [0.5, 0.6) is 0 Å². The Morgan fingerprint density at radius 1 is 0.493 bits per heavy atom. The van der Waals surface area contributed by atoms with Gasteiger partial charge in [-0.2, -0.15) is 0 Å². The zero-order chi connectivity index (χ0) is 48.1. The Labute approximate surface area is 396 Å². The van der Waals surface area contributed by atoms with E-state index in [1.807, 2.05) is 54.6 Å². The summed E-state index contributed by atoms with van der Waals surface area (Å²) in [6.45, 7) is 7.48. The molecule has 0 fully saturated rings. The highest BCUT2D eigenvalue weighted by Crippen LogP contribution is 2.36. The zero-order valence-corrected chi connectivity index (χ0v) is 37.1. The number of hydrogen-bond donors (Lipinski definition) is 0. The van der Waals surface area contributed by atoms with Gasteiger partial charge in [-0.05, 0) is 123 Å². The number of nitro benzene ring substituents is 3. The van der Waals surface area contributed by atoms with Crippen LogP contribution in [-0.4, -0.2) is 41.0 Å². The molecule has 0 amide bonds. The van der Waals surface area contributed by atoms with Gasteiger partial charge in [-0.25, -0.2) is 4.98 Å². The van der Waals surface area contributed by atoms with Crippen LogP contribution in [0, 0.1) is 30.3 Å². The number of Topliss-reactive ketones (excluding diaryl/α,β-unsaturated/α-hetero) is 1. The molecular weight excluding hydrogens is 873 g/mol. The molecule has 7 aromatic carbocycles. The fraction of sp³-hybridized carbons (Fsp3) is 0.109. The zero-order valence-electron chi connectivity index (χ0n) is 37.1. The summed E-state index contributed by atoms with van der Waals surface area (Å²) in [6, 6.07) is 51.0. The first-order valence-electron chi connectivity index (χ1n) is 21.6. The number of pyridine rings is 1. The SMILES string of the molecule is C.CC(=O)c1ccc([N+](=O)[O-])cc1.CCn1c2ccccc2c2cc(-c3cc(-c4ccc([N+](=O)[O-])cc4)nc(-c4ccc([N+](=O)[O-])cc4)c3)ccc21.CCn1c2ccccc2c2cc(C=O)ccc21. The van der Waals surface area contributed by atoms with Gasteiger partial charge in [0.2, 0.25) is 0 Å². The minimum Gasteiger partial charge on any atom is -0.341 e. The molecule has 10 rings (SSSR count). The lowest BCUT2D eigenvalue weighted by Crippen LogP contribution is -1.94. The Balaban J connectivity index is 0.000000191. The summed E-state index contributed by atoms with van der Waals surface area (Å²) in [5.74, 6) is -0.0927. The molecule has 0 atom stereocenters. The van der Waals surface area contributed by atoms with Gasteiger partial charge in [-0.1, -0.05) is 49.9 Å². The van der Waals surface area contributed by atoms with Gasteiger partial charge in [0, 0.05) is 115 Å². The van der Waals surface area contributed by atoms with E-state index in [4.69, 9.17) is 4.98 Å². The molecule has 0 aliphatic rings. The average molecular weight is 919 g/mol. The lowest BCUT2D eigenvalue weighted by atomic mass is 9.98. The highest BCUT2D eigenvalue weighted by Gasteiger charge is 2.16. The molecule has 344 valence electrons. The second-order valence-electron chi connectivity index (χ2n) is 15.7. The number of aryl methyl sites for hydroxylation is 2. The Morgan fingerprint density at radius 3 is 1.30 bits per heavy atom. The summed E-state index contributed by atoms with van der Waals surface area (Å²) in [6.07, 6.45) is 0.900. The number of fused-ring (bicyclic) bond motifs is 6. The number of carbonyl (C=O) groups is 2. The van der Waals surface area contributed by atoms with Crippen LogP contribution >= 0.6 is 0 Å². The van der Waals surface area contributed by atoms with E-state index >= 15 is 0 Å². The van der Waals surface area contributed by atoms with Crippen molar-refractivity contribution in [2.45, 2.75) is 41.3 Å². The Morgan fingerprint density at radius 2 is 0.884 bits per heavy atom. The van der Waals surface area contributed by atoms with Crippen LogP contribution in [0.3, 0.4) is 0 Å². The second-order valence-corrected chi connectivity index (χ2v) is 15.7. The summed E-state index contributed by atoms with van der Waals surface area (Å²) in [4.78, 5) is 57.6. The van der Waals surface area contributed by atoms with Crippen molar-refractivity contribution in [1.29, 1.82) is 0 Å². The molecule has 3 aromatic heterocycles. The number of aldehydes is 1. The highest BCUT2D eigenvalue weighted by atomic mass is 16.6. The van der Waals surface area contributed by atoms with Gasteiger partial charge in [0.25, 0.3) is 17.1 Å². The minimum atomic E-state index is -0.496. The van der Waals surface area contributed by atoms with Crippen molar-refractivity contribution < 1.29 is 24.4 Å². The average Bonchev–Trinajstić information content (AvgIpc) is 3.87. The number of hydrogen-bond acceptors (Lipinski definition) is 9. The van der Waals surface area contributed by atoms with E-state index in [2.05, 4.69) is 65.4 Å². The molecule has 69 heavy (non-hydrogen) atoms. The van der Waals surface area contributed by atoms with E-state index in [0.717, 1.165) is 63.5 Å². The summed E-state index contributed by atoms with van der Waals surface area (Å²) >= 11 is 0. The van der Waals surface area contributed by atoms with Crippen LogP contribution in [0.15, 0.2) is 170 Å². The van der Waals surface area contributed by atoms with Gasteiger partial charge in [0.15, 0.2) is 5.78 Å². The monoisotopic (exact) mass is 918 g/mol. The van der Waals surface area contributed by atoms with Gasteiger partial charge < -0.3 is 9.13 Å². The molecule has 0 saturated carbocycles. The van der Waals surface area contributed by atoms with Crippen molar-refractivity contribution in [3.05, 3.63) is 211 Å². The van der Waals surface area contributed by atoms with Gasteiger partial charge in [0.05, 0.1) is 26.2 Å². The topological polar surface area (TPSA) is 186 Å². The molecule has 0 N–H and O–H groups in total. The molecule has 0 aliphatic carbocycles. The first-order chi connectivity index (χ1) is 32.9. The van der Waals surface area contributed by atoms with Gasteiger partial charge >= 0.3 is 0 Å². The molecule has 0 saturated heterocycles. The highest BCUT2D eigenvalue weighted by molar-refractivity contribution is 6.10. The molecule has 10 aromatic rings. The van der Waals surface area contributed by atoms with Crippen molar-refractivity contribution in [3.63, 3.8) is 0 Å². The maximum Gasteiger partial charge on any atom is 0.269 e. The number of ketones is 1. The molecule has 0 aliphatic heterocycles. The standard InChI is InChI=1S/C31H22N4O4.C15H13NO.C8H7NO3.CH4/c1-2-33-30-6-4-3-5-26(30)27-17-22(11-16-31(27)33)23-18-28(20-7-12-24(13-8-20)34(36)37)32-29(19-23)21-9-14-25(15-10-21)35(38)39;1-2-16-14-6-4-3-5-12(14)13-9-11(10-17)7-8-15(13)16;1-6(10)7-2-4-8(5-3-7)9(11)12;/h3-19H,2H2,1H3;3-10H,2H2,1H3;2-5H,1H3;1H4. The van der Waals surface area contributed by atoms with Crippen LogP contribution in [0.4, 0.5) is 17.1 Å². The fourth-order valence-electron chi connectivity index (χ4n) is 8.38. The smallest absolute Gasteiger partial charge is 0.269 e. The number of carbonyl (C=O) groups excluding carboxylic acids is 2. The van der Waals surface area contributed by atoms with E-state index in [9.17, 15) is 39.9 Å². The Kier molecular flexibility index (Phi) is 14.2. The number of non-ortho nitro benzene ring substituents is 3. The van der Waals surface area contributed by atoms with E-state index in [0.29, 0.717) is 17.0 Å². The molecule has 0 unspecified atom stereocenters. The minimum absolute atomic E-state index is 0. The lowest BCUT2D eigenvalue weighted by molar-refractivity contribution is -0.385. The predicted octanol–water partition coefficient (Wildman–Crippen LogP) is 14.1. The molecule has 3 heterocycles. The molecule has 14 heteroatoms. The van der Waals surface area contributed by atoms with Gasteiger partial charge in [0.1, 0.15) is 6.29 Å². The van der Waals surface area contributed by atoms with E-state index < -0.39 is 14.8 Å². The number of rotatable bonds is 10. The number of aromatic nitrogens is 3. The van der Waals surface area contributed by atoms with Gasteiger partial charge in [-0.15, -0.1) is 0 Å². The van der Waals surface area contributed by atoms with Crippen LogP contribution in [0.2, 0.25) is 0 Å². The quantitative estimate of drug-likeness (QED) is 0.0557. The van der Waals surface area contributed by atoms with Crippen LogP contribution in [0.1, 0.15) is 48.9 Å². The Hall–Kier alpha value is -9.17. The summed E-state index contributed by atoms with van der Waals surface area (Å²) in [5, 5.41) is 37.2. The lowest BCUT2D eigenvalue weighted by Gasteiger charge is -2.11. The maximum atomic E-state index is 11.2. The van der Waals surface area contributed by atoms with Crippen LogP contribution in [0.25, 0.3) is 77.3 Å². The third kappa shape index (κ3) is 9.86. The number of para-hydroxylation sites is 2. The molecular formula is C55H46N6O8. The number of nitro groups is 3. The Bertz CT molecular complexity index is 3450. The summed E-state index contributed by atoms with van der Waals surface area (Å²) in [7, 11) is 0. The fourth-order valence-corrected chi connectivity index (χ4v) is 8.38. The van der Waals surface area contributed by atoms with Crippen molar-refractivity contribution >= 4 is 72.7 Å². The first-order valence-corrected chi connectivity index (χ1v) is 21.6. The molecule has 0 bridgehead atoms. The number of nitrogens with zero attached hydrogens (tertiary/aromatic N) is 6. The molecule has 14 nitrogen and oxygen atoms in total. The van der Waals surface area contributed by atoms with Crippen molar-refractivity contribution in [3.8, 4) is 33.6 Å². The molecule has 0 radical (unpaired) electrons. The van der Waals surface area contributed by atoms with Crippen molar-refractivity contribution in [2.75, 3.05) is 0 Å². The summed E-state index contributed by atoms with van der Waals surface area (Å²) < 4.78 is 4.57. The van der Waals surface area contributed by atoms with E-state index in [1.54, 1.807) is 24.3 Å². The van der Waals surface area contributed by atoms with E-state index in [1.165, 1.54) is 82.8 Å². The third-order valence-electron chi connectivity index (χ3n) is 11.7. The second kappa shape index (κ2) is 20.6.